The van der Waals surface area contributed by atoms with E-state index in [9.17, 15) is 4.79 Å². The van der Waals surface area contributed by atoms with E-state index in [2.05, 4.69) is 23.6 Å². The number of aliphatic imine (C=N–C) groups is 1. The average Bonchev–Trinajstić information content (AvgIpc) is 3.45. The number of carbonyl (C=O) groups excluding carboxylic acids is 1. The van der Waals surface area contributed by atoms with Crippen LogP contribution < -0.4 is 15.5 Å². The van der Waals surface area contributed by atoms with E-state index >= 15 is 0 Å². The van der Waals surface area contributed by atoms with Crippen LogP contribution in [0.4, 0.5) is 11.5 Å². The van der Waals surface area contributed by atoms with Gasteiger partial charge in [0.2, 0.25) is 0 Å². The van der Waals surface area contributed by atoms with Crippen LogP contribution in [0.1, 0.15) is 66.6 Å². The van der Waals surface area contributed by atoms with E-state index in [-0.39, 0.29) is 29.4 Å². The fourth-order valence-electron chi connectivity index (χ4n) is 6.16. The van der Waals surface area contributed by atoms with E-state index in [4.69, 9.17) is 30.4 Å². The van der Waals surface area contributed by atoms with Crippen molar-refractivity contribution in [1.29, 1.82) is 0 Å². The summed E-state index contributed by atoms with van der Waals surface area (Å²) < 4.78 is 5.87. The molecule has 4 aliphatic heterocycles. The maximum atomic E-state index is 12.5. The normalized spacial score (nSPS) is 26.2. The molecule has 2 aromatic rings. The maximum absolute atomic E-state index is 12.5. The zero-order valence-corrected chi connectivity index (χ0v) is 22.1. The lowest BCUT2D eigenvalue weighted by Crippen LogP contribution is -2.50. The second-order valence-electron chi connectivity index (χ2n) is 11.2. The van der Waals surface area contributed by atoms with Crippen molar-refractivity contribution in [2.24, 2.45) is 16.1 Å². The fraction of sp³-hybridized carbons (Fsp3) is 0.593. The number of hydrogen-bond donors (Lipinski definition) is 1. The Morgan fingerprint density at radius 3 is 2.65 bits per heavy atom. The number of anilines is 2. The maximum Gasteiger partial charge on any atom is 0.271 e. The minimum atomic E-state index is -0.0883. The van der Waals surface area contributed by atoms with E-state index in [0.29, 0.717) is 12.2 Å². The van der Waals surface area contributed by atoms with E-state index in [0.717, 1.165) is 79.9 Å². The van der Waals surface area contributed by atoms with Crippen molar-refractivity contribution in [3.05, 3.63) is 41.1 Å². The molecule has 3 atom stereocenters. The highest BCUT2D eigenvalue weighted by molar-refractivity contribution is 6.11. The number of hydrogen-bond acceptors (Lipinski definition) is 9. The fourth-order valence-corrected chi connectivity index (χ4v) is 6.16. The van der Waals surface area contributed by atoms with Gasteiger partial charge in [-0.3, -0.25) is 9.79 Å². The van der Waals surface area contributed by atoms with Crippen molar-refractivity contribution < 1.29 is 9.53 Å². The Labute approximate surface area is 217 Å². The van der Waals surface area contributed by atoms with E-state index < -0.39 is 0 Å². The Morgan fingerprint density at radius 1 is 1.16 bits per heavy atom. The van der Waals surface area contributed by atoms with Gasteiger partial charge in [-0.05, 0) is 38.3 Å². The number of pyridine rings is 1. The highest BCUT2D eigenvalue weighted by Gasteiger charge is 2.47. The first kappa shape index (κ1) is 24.2. The zero-order chi connectivity index (χ0) is 25.9. The van der Waals surface area contributed by atoms with Gasteiger partial charge < -0.3 is 25.2 Å². The molecule has 196 valence electrons. The van der Waals surface area contributed by atoms with Crippen molar-refractivity contribution in [3.63, 3.8) is 0 Å². The van der Waals surface area contributed by atoms with Gasteiger partial charge in [0.1, 0.15) is 17.2 Å². The van der Waals surface area contributed by atoms with Crippen LogP contribution in [0, 0.1) is 5.41 Å². The molecule has 2 saturated heterocycles. The third-order valence-corrected chi connectivity index (χ3v) is 8.68. The molecular weight excluding hydrogens is 468 g/mol. The van der Waals surface area contributed by atoms with Gasteiger partial charge in [0, 0.05) is 51.1 Å². The molecule has 4 aliphatic rings. The molecule has 0 bridgehead atoms. The zero-order valence-electron chi connectivity index (χ0n) is 22.1. The number of fused-ring (bicyclic) bond motifs is 2. The Balaban J connectivity index is 1.21. The van der Waals surface area contributed by atoms with Crippen LogP contribution in [0.5, 0.6) is 0 Å². The van der Waals surface area contributed by atoms with Crippen LogP contribution in [0.2, 0.25) is 0 Å². The van der Waals surface area contributed by atoms with Crippen molar-refractivity contribution in [2.45, 2.75) is 57.7 Å². The third-order valence-electron chi connectivity index (χ3n) is 8.68. The molecule has 2 fully saturated rings. The summed E-state index contributed by atoms with van der Waals surface area (Å²) >= 11 is 0. The monoisotopic (exact) mass is 504 g/mol. The predicted octanol–water partition coefficient (Wildman–Crippen LogP) is 2.18. The summed E-state index contributed by atoms with van der Waals surface area (Å²) in [5, 5.41) is 0. The average molecular weight is 505 g/mol. The number of carbonyl (C=O) groups is 1. The number of nitrogens with two attached hydrogens (primary N) is 1. The molecule has 10 heteroatoms. The summed E-state index contributed by atoms with van der Waals surface area (Å²) in [5.41, 5.74) is 10.7. The molecule has 0 radical (unpaired) electrons. The number of piperidine rings is 1. The highest BCUT2D eigenvalue weighted by Crippen LogP contribution is 2.42. The van der Waals surface area contributed by atoms with Crippen molar-refractivity contribution in [2.75, 3.05) is 50.1 Å². The molecule has 0 aliphatic carbocycles. The Bertz CT molecular complexity index is 1250. The first-order chi connectivity index (χ1) is 17.8. The summed E-state index contributed by atoms with van der Waals surface area (Å²) in [6, 6.07) is 3.90. The molecule has 1 amide bonds. The molecule has 2 aromatic heterocycles. The van der Waals surface area contributed by atoms with Gasteiger partial charge in [-0.15, -0.1) is 0 Å². The van der Waals surface area contributed by atoms with E-state index in [1.54, 1.807) is 19.0 Å². The summed E-state index contributed by atoms with van der Waals surface area (Å²) in [4.78, 5) is 38.0. The second-order valence-corrected chi connectivity index (χ2v) is 11.2. The highest BCUT2D eigenvalue weighted by atomic mass is 16.5. The summed E-state index contributed by atoms with van der Waals surface area (Å²) in [7, 11) is 3.49. The van der Waals surface area contributed by atoms with Crippen LogP contribution >= 0.6 is 0 Å². The molecule has 1 spiro atoms. The van der Waals surface area contributed by atoms with Gasteiger partial charge in [-0.1, -0.05) is 6.92 Å². The lowest BCUT2D eigenvalue weighted by Gasteiger charge is -2.41. The second kappa shape index (κ2) is 9.02. The molecule has 37 heavy (non-hydrogen) atoms. The number of amides is 1. The lowest BCUT2D eigenvalue weighted by atomic mass is 9.73. The molecule has 10 nitrogen and oxygen atoms in total. The van der Waals surface area contributed by atoms with Crippen LogP contribution in [-0.2, 0) is 11.3 Å². The van der Waals surface area contributed by atoms with Gasteiger partial charge in [0.05, 0.1) is 42.5 Å². The van der Waals surface area contributed by atoms with Crippen molar-refractivity contribution >= 4 is 23.2 Å². The molecule has 0 aromatic carbocycles. The number of rotatable bonds is 2. The van der Waals surface area contributed by atoms with Gasteiger partial charge in [0.25, 0.3) is 5.91 Å². The van der Waals surface area contributed by atoms with Crippen LogP contribution in [0.3, 0.4) is 0 Å². The van der Waals surface area contributed by atoms with E-state index in [1.165, 1.54) is 0 Å². The predicted molar refractivity (Wildman–Crippen MR) is 142 cm³/mol. The van der Waals surface area contributed by atoms with Gasteiger partial charge in [-0.2, -0.15) is 0 Å². The quantitative estimate of drug-likeness (QED) is 0.662. The van der Waals surface area contributed by atoms with Crippen molar-refractivity contribution in [3.8, 4) is 0 Å². The van der Waals surface area contributed by atoms with Crippen LogP contribution in [0.15, 0.2) is 23.3 Å². The first-order valence-electron chi connectivity index (χ1n) is 13.3. The minimum Gasteiger partial charge on any atom is -0.376 e. The molecule has 0 unspecified atom stereocenters. The molecule has 2 N–H and O–H groups in total. The minimum absolute atomic E-state index is 0.0835. The smallest absolute Gasteiger partial charge is 0.271 e. The Kier molecular flexibility index (Phi) is 5.91. The molecule has 0 saturated carbocycles. The van der Waals surface area contributed by atoms with Gasteiger partial charge in [0.15, 0.2) is 5.84 Å². The number of aromatic nitrogens is 3. The van der Waals surface area contributed by atoms with Crippen LogP contribution in [-0.4, -0.2) is 84.1 Å². The lowest BCUT2D eigenvalue weighted by molar-refractivity contribution is 0.0821. The Morgan fingerprint density at radius 2 is 1.95 bits per heavy atom. The third kappa shape index (κ3) is 3.97. The van der Waals surface area contributed by atoms with Gasteiger partial charge in [-0.25, -0.2) is 15.0 Å². The van der Waals surface area contributed by atoms with Crippen LogP contribution in [0.25, 0.3) is 0 Å². The standard InChI is InChI=1S/C27H36N8O2/c1-16-7-10-35(20-6-5-18(32-22(16)20)26(36)33(3)4)25-23-19(13-30-25)31-21(14-29-23)34-11-8-27(9-12-34)15-37-17(2)24(27)28/h5-6,14,16-17,24H,7-13,15,28H2,1-4H3/t16-,17-,24+/m0/s1. The molecule has 6 heterocycles. The first-order valence-corrected chi connectivity index (χ1v) is 13.3. The topological polar surface area (TPSA) is 113 Å². The van der Waals surface area contributed by atoms with E-state index in [1.807, 2.05) is 18.3 Å². The molecular formula is C27H36N8O2. The SMILES string of the molecule is C[C@@H]1OCC2(CCN(c3cnc4c(n3)CN=C4N3CC[C@H](C)c4nc(C(=O)N(C)C)ccc43)CC2)[C@@H]1N. The number of nitrogens with zero attached hydrogens (tertiary/aromatic N) is 7. The number of amidine groups is 1. The summed E-state index contributed by atoms with van der Waals surface area (Å²) in [6.45, 7) is 8.15. The summed E-state index contributed by atoms with van der Waals surface area (Å²) in [6.07, 6.45) is 4.95. The molecule has 6 rings (SSSR count). The van der Waals surface area contributed by atoms with Gasteiger partial charge >= 0.3 is 0 Å². The Hall–Kier alpha value is -3.11. The largest absolute Gasteiger partial charge is 0.376 e. The van der Waals surface area contributed by atoms with Crippen molar-refractivity contribution in [1.82, 2.24) is 19.9 Å². The summed E-state index contributed by atoms with van der Waals surface area (Å²) in [5.74, 6) is 1.93. The number of ether oxygens (including phenoxy) is 1.